The Morgan fingerprint density at radius 3 is 2.86 bits per heavy atom. The van der Waals surface area contributed by atoms with Gasteiger partial charge in [-0.3, -0.25) is 0 Å². The lowest BCUT2D eigenvalue weighted by molar-refractivity contribution is 0.00638. The quantitative estimate of drug-likeness (QED) is 0.852. The largest absolute Gasteiger partial charge is 0.475 e. The van der Waals surface area contributed by atoms with Crippen LogP contribution in [0.15, 0.2) is 23.7 Å². The summed E-state index contributed by atoms with van der Waals surface area (Å²) in [4.78, 5) is 20.3. The molecule has 0 unspecified atom stereocenters. The zero-order valence-corrected chi connectivity index (χ0v) is 13.5. The van der Waals surface area contributed by atoms with Crippen molar-refractivity contribution in [2.24, 2.45) is 0 Å². The molecule has 0 aliphatic heterocycles. The number of esters is 1. The summed E-state index contributed by atoms with van der Waals surface area (Å²) < 4.78 is 10.6. The van der Waals surface area contributed by atoms with Gasteiger partial charge < -0.3 is 14.6 Å². The van der Waals surface area contributed by atoms with Crippen LogP contribution in [0.2, 0.25) is 0 Å². The Balaban J connectivity index is 2.16. The summed E-state index contributed by atoms with van der Waals surface area (Å²) in [5.41, 5.74) is 0.523. The first-order valence-electron chi connectivity index (χ1n) is 6.78. The molecule has 0 saturated heterocycles. The van der Waals surface area contributed by atoms with Gasteiger partial charge in [0.2, 0.25) is 5.88 Å². The molecule has 6 nitrogen and oxygen atoms in total. The molecule has 2 aromatic heterocycles. The molecule has 118 valence electrons. The molecule has 0 aliphatic carbocycles. The summed E-state index contributed by atoms with van der Waals surface area (Å²) in [5, 5.41) is 11.1. The SMILES string of the molecule is CC(C)(C)OC(=O)c1csc(-c2ccnc(OCCO)c2)n1. The average molecular weight is 322 g/mol. The number of aromatic nitrogens is 2. The van der Waals surface area contributed by atoms with Crippen molar-refractivity contribution in [2.75, 3.05) is 13.2 Å². The topological polar surface area (TPSA) is 81.5 Å². The van der Waals surface area contributed by atoms with E-state index in [0.29, 0.717) is 10.9 Å². The number of carbonyl (C=O) groups excluding carboxylic acids is 1. The van der Waals surface area contributed by atoms with E-state index in [4.69, 9.17) is 14.6 Å². The lowest BCUT2D eigenvalue weighted by Crippen LogP contribution is -2.24. The zero-order valence-electron chi connectivity index (χ0n) is 12.7. The highest BCUT2D eigenvalue weighted by Gasteiger charge is 2.20. The van der Waals surface area contributed by atoms with E-state index in [1.165, 1.54) is 11.3 Å². The van der Waals surface area contributed by atoms with Crippen LogP contribution in [0.5, 0.6) is 5.88 Å². The molecule has 2 rings (SSSR count). The van der Waals surface area contributed by atoms with Gasteiger partial charge in [-0.2, -0.15) is 0 Å². The van der Waals surface area contributed by atoms with Crippen molar-refractivity contribution in [3.8, 4) is 16.5 Å². The van der Waals surface area contributed by atoms with Crippen LogP contribution in [0, 0.1) is 0 Å². The maximum Gasteiger partial charge on any atom is 0.358 e. The highest BCUT2D eigenvalue weighted by molar-refractivity contribution is 7.13. The van der Waals surface area contributed by atoms with Crippen molar-refractivity contribution >= 4 is 17.3 Å². The van der Waals surface area contributed by atoms with Gasteiger partial charge in [0.25, 0.3) is 0 Å². The summed E-state index contributed by atoms with van der Waals surface area (Å²) in [5.74, 6) is -0.0404. The molecule has 0 aliphatic rings. The predicted octanol–water partition coefficient (Wildman–Crippen LogP) is 2.53. The Bertz CT molecular complexity index is 649. The molecule has 1 N–H and O–H groups in total. The average Bonchev–Trinajstić information content (AvgIpc) is 2.93. The summed E-state index contributed by atoms with van der Waals surface area (Å²) >= 11 is 1.34. The maximum absolute atomic E-state index is 12.0. The van der Waals surface area contributed by atoms with E-state index >= 15 is 0 Å². The Morgan fingerprint density at radius 1 is 1.41 bits per heavy atom. The number of carbonyl (C=O) groups is 1. The van der Waals surface area contributed by atoms with Gasteiger partial charge in [0.15, 0.2) is 5.69 Å². The summed E-state index contributed by atoms with van der Waals surface area (Å²) in [6.45, 7) is 5.53. The lowest BCUT2D eigenvalue weighted by Gasteiger charge is -2.18. The van der Waals surface area contributed by atoms with Crippen LogP contribution in [-0.2, 0) is 4.74 Å². The van der Waals surface area contributed by atoms with E-state index < -0.39 is 11.6 Å². The number of ether oxygens (including phenoxy) is 2. The maximum atomic E-state index is 12.0. The normalized spacial score (nSPS) is 11.3. The molecule has 0 atom stereocenters. The van der Waals surface area contributed by atoms with Crippen molar-refractivity contribution in [1.82, 2.24) is 9.97 Å². The second-order valence-electron chi connectivity index (χ2n) is 5.49. The van der Waals surface area contributed by atoms with Gasteiger partial charge in [-0.25, -0.2) is 14.8 Å². The molecule has 0 fully saturated rings. The van der Waals surface area contributed by atoms with Gasteiger partial charge in [0, 0.05) is 23.2 Å². The second kappa shape index (κ2) is 6.85. The summed E-state index contributed by atoms with van der Waals surface area (Å²) in [6.07, 6.45) is 1.59. The number of aliphatic hydroxyl groups is 1. The van der Waals surface area contributed by atoms with Crippen LogP contribution < -0.4 is 4.74 Å². The fourth-order valence-electron chi connectivity index (χ4n) is 1.60. The number of hydrogen-bond acceptors (Lipinski definition) is 7. The molecular formula is C15H18N2O4S. The first-order chi connectivity index (χ1) is 10.4. The van der Waals surface area contributed by atoms with E-state index in [2.05, 4.69) is 9.97 Å². The third-order valence-electron chi connectivity index (χ3n) is 2.44. The number of aliphatic hydroxyl groups excluding tert-OH is 1. The molecule has 22 heavy (non-hydrogen) atoms. The van der Waals surface area contributed by atoms with Crippen molar-refractivity contribution in [2.45, 2.75) is 26.4 Å². The van der Waals surface area contributed by atoms with Crippen LogP contribution in [-0.4, -0.2) is 39.9 Å². The molecule has 0 aromatic carbocycles. The molecule has 7 heteroatoms. The smallest absolute Gasteiger partial charge is 0.358 e. The Morgan fingerprint density at radius 2 is 2.18 bits per heavy atom. The highest BCUT2D eigenvalue weighted by atomic mass is 32.1. The first kappa shape index (κ1) is 16.4. The van der Waals surface area contributed by atoms with E-state index in [-0.39, 0.29) is 18.9 Å². The summed E-state index contributed by atoms with van der Waals surface area (Å²) in [6, 6.07) is 3.50. The number of rotatable bonds is 5. The van der Waals surface area contributed by atoms with Crippen molar-refractivity contribution < 1.29 is 19.4 Å². The highest BCUT2D eigenvalue weighted by Crippen LogP contribution is 2.26. The van der Waals surface area contributed by atoms with Crippen molar-refractivity contribution in [3.63, 3.8) is 0 Å². The molecule has 2 heterocycles. The first-order valence-corrected chi connectivity index (χ1v) is 7.66. The molecular weight excluding hydrogens is 304 g/mol. The fraction of sp³-hybridized carbons (Fsp3) is 0.400. The van der Waals surface area contributed by atoms with Gasteiger partial charge in [0.05, 0.1) is 6.61 Å². The van der Waals surface area contributed by atoms with Gasteiger partial charge in [-0.15, -0.1) is 11.3 Å². The van der Waals surface area contributed by atoms with E-state index in [1.807, 2.05) is 20.8 Å². The Kier molecular flexibility index (Phi) is 5.10. The molecule has 0 saturated carbocycles. The van der Waals surface area contributed by atoms with E-state index in [9.17, 15) is 4.79 Å². The van der Waals surface area contributed by atoms with E-state index in [0.717, 1.165) is 5.56 Å². The minimum Gasteiger partial charge on any atom is -0.475 e. The van der Waals surface area contributed by atoms with Gasteiger partial charge >= 0.3 is 5.97 Å². The Labute approximate surface area is 132 Å². The van der Waals surface area contributed by atoms with E-state index in [1.54, 1.807) is 23.7 Å². The van der Waals surface area contributed by atoms with Crippen molar-refractivity contribution in [1.29, 1.82) is 0 Å². The van der Waals surface area contributed by atoms with Gasteiger partial charge in [-0.05, 0) is 26.8 Å². The fourth-order valence-corrected chi connectivity index (χ4v) is 2.39. The van der Waals surface area contributed by atoms with Crippen LogP contribution in [0.4, 0.5) is 0 Å². The second-order valence-corrected chi connectivity index (χ2v) is 6.35. The molecule has 0 spiro atoms. The number of nitrogens with zero attached hydrogens (tertiary/aromatic N) is 2. The van der Waals surface area contributed by atoms with Crippen LogP contribution in [0.25, 0.3) is 10.6 Å². The van der Waals surface area contributed by atoms with Crippen molar-refractivity contribution in [3.05, 3.63) is 29.4 Å². The van der Waals surface area contributed by atoms with Crippen LogP contribution in [0.1, 0.15) is 31.3 Å². The van der Waals surface area contributed by atoms with Crippen LogP contribution in [0.3, 0.4) is 0 Å². The van der Waals surface area contributed by atoms with Gasteiger partial charge in [-0.1, -0.05) is 0 Å². The molecule has 2 aromatic rings. The third-order valence-corrected chi connectivity index (χ3v) is 3.33. The number of thiazole rings is 1. The Hall–Kier alpha value is -1.99. The lowest BCUT2D eigenvalue weighted by atomic mass is 10.2. The monoisotopic (exact) mass is 322 g/mol. The molecule has 0 radical (unpaired) electrons. The minimum atomic E-state index is -0.553. The number of hydrogen-bond donors (Lipinski definition) is 1. The molecule has 0 bridgehead atoms. The van der Waals surface area contributed by atoms with Crippen LogP contribution >= 0.6 is 11.3 Å². The summed E-state index contributed by atoms with van der Waals surface area (Å²) in [7, 11) is 0. The predicted molar refractivity (Wildman–Crippen MR) is 83.1 cm³/mol. The minimum absolute atomic E-state index is 0.0774. The number of pyridine rings is 1. The zero-order chi connectivity index (χ0) is 16.2. The van der Waals surface area contributed by atoms with Gasteiger partial charge in [0.1, 0.15) is 17.2 Å². The molecule has 0 amide bonds. The standard InChI is InChI=1S/C15H18N2O4S/c1-15(2,3)21-14(19)11-9-22-13(17-11)10-4-5-16-12(8-10)20-7-6-18/h4-5,8-9,18H,6-7H2,1-3H3. The third kappa shape index (κ3) is 4.51.